The first kappa shape index (κ1) is 18.1. The van der Waals surface area contributed by atoms with Crippen LogP contribution in [0.25, 0.3) is 0 Å². The molecule has 0 saturated heterocycles. The van der Waals surface area contributed by atoms with Crippen molar-refractivity contribution in [3.05, 3.63) is 41.5 Å². The molecule has 2 unspecified atom stereocenters. The fraction of sp³-hybridized carbons (Fsp3) is 0.357. The zero-order valence-corrected chi connectivity index (χ0v) is 13.5. The quantitative estimate of drug-likeness (QED) is 0.666. The average molecular weight is 305 g/mol. The molecule has 1 aromatic rings. The van der Waals surface area contributed by atoms with Gasteiger partial charge in [-0.15, -0.1) is 0 Å². The van der Waals surface area contributed by atoms with E-state index in [4.69, 9.17) is 10.4 Å². The monoisotopic (exact) mass is 305 g/mol. The molecule has 107 valence electrons. The van der Waals surface area contributed by atoms with Crippen LogP contribution >= 0.6 is 0 Å². The van der Waals surface area contributed by atoms with Gasteiger partial charge in [-0.2, -0.15) is 18.4 Å². The first-order valence-corrected chi connectivity index (χ1v) is 6.11. The Bertz CT molecular complexity index is 566. The molecule has 0 saturated carbocycles. The van der Waals surface area contributed by atoms with E-state index in [2.05, 4.69) is 5.32 Å². The van der Waals surface area contributed by atoms with E-state index < -0.39 is 17.3 Å². The van der Waals surface area contributed by atoms with Crippen molar-refractivity contribution in [2.75, 3.05) is 11.9 Å². The number of hydrogen-bond donors (Lipinski definition) is 2. The van der Waals surface area contributed by atoms with Gasteiger partial charge in [-0.1, -0.05) is 12.2 Å². The van der Waals surface area contributed by atoms with Crippen LogP contribution in [0.2, 0.25) is 0 Å². The van der Waals surface area contributed by atoms with Gasteiger partial charge < -0.3 is 10.4 Å². The van der Waals surface area contributed by atoms with Crippen molar-refractivity contribution in [3.8, 4) is 6.07 Å². The topological polar surface area (TPSA) is 56.0 Å². The molecule has 2 atom stereocenters. The SMILES string of the molecule is N#Cc1ccc(NC2C=CC(CO)C2)cc1C(F)(F)F.[Na]. The van der Waals surface area contributed by atoms with E-state index in [9.17, 15) is 13.2 Å². The van der Waals surface area contributed by atoms with Gasteiger partial charge in [0, 0.05) is 53.8 Å². The van der Waals surface area contributed by atoms with Crippen LogP contribution in [0.4, 0.5) is 18.9 Å². The van der Waals surface area contributed by atoms with Crippen molar-refractivity contribution in [1.29, 1.82) is 5.26 Å². The van der Waals surface area contributed by atoms with Crippen LogP contribution in [0, 0.1) is 17.2 Å². The zero-order valence-electron chi connectivity index (χ0n) is 11.5. The van der Waals surface area contributed by atoms with E-state index in [0.717, 1.165) is 12.1 Å². The Hall–Kier alpha value is -1.000. The molecule has 1 aromatic carbocycles. The molecule has 2 rings (SSSR count). The summed E-state index contributed by atoms with van der Waals surface area (Å²) in [6.07, 6.45) is -0.252. The van der Waals surface area contributed by atoms with Crippen molar-refractivity contribution in [1.82, 2.24) is 0 Å². The summed E-state index contributed by atoms with van der Waals surface area (Å²) in [7, 11) is 0. The molecule has 1 radical (unpaired) electrons. The minimum atomic E-state index is -4.55. The van der Waals surface area contributed by atoms with E-state index in [0.29, 0.717) is 12.1 Å². The van der Waals surface area contributed by atoms with Crippen LogP contribution in [0.1, 0.15) is 17.5 Å². The number of halogens is 3. The molecule has 1 aliphatic carbocycles. The maximum atomic E-state index is 12.8. The van der Waals surface area contributed by atoms with E-state index in [-0.39, 0.29) is 48.1 Å². The normalized spacial score (nSPS) is 20.7. The Kier molecular flexibility index (Phi) is 6.29. The van der Waals surface area contributed by atoms with E-state index in [1.54, 1.807) is 6.07 Å². The fourth-order valence-corrected chi connectivity index (χ4v) is 2.20. The summed E-state index contributed by atoms with van der Waals surface area (Å²) in [5, 5.41) is 20.7. The molecule has 2 N–H and O–H groups in total. The predicted molar refractivity (Wildman–Crippen MR) is 73.7 cm³/mol. The molecule has 0 amide bonds. The smallest absolute Gasteiger partial charge is 0.396 e. The Labute approximate surface area is 142 Å². The third kappa shape index (κ3) is 4.48. The molecular weight excluding hydrogens is 292 g/mol. The number of benzene rings is 1. The molecule has 0 aromatic heterocycles. The minimum absolute atomic E-state index is 0. The van der Waals surface area contributed by atoms with Gasteiger partial charge in [-0.25, -0.2) is 0 Å². The Morgan fingerprint density at radius 2 is 2.05 bits per heavy atom. The van der Waals surface area contributed by atoms with Crippen LogP contribution in [0.5, 0.6) is 0 Å². The second-order valence-electron chi connectivity index (χ2n) is 4.68. The molecule has 1 aliphatic rings. The van der Waals surface area contributed by atoms with Crippen LogP contribution in [-0.4, -0.2) is 47.3 Å². The predicted octanol–water partition coefficient (Wildman–Crippen LogP) is 2.55. The molecule has 0 bridgehead atoms. The number of aliphatic hydroxyl groups is 1. The second-order valence-corrected chi connectivity index (χ2v) is 4.68. The fourth-order valence-electron chi connectivity index (χ4n) is 2.20. The summed E-state index contributed by atoms with van der Waals surface area (Å²) >= 11 is 0. The van der Waals surface area contributed by atoms with Crippen LogP contribution in [0.3, 0.4) is 0 Å². The molecule has 0 fully saturated rings. The number of rotatable bonds is 3. The molecule has 0 heterocycles. The van der Waals surface area contributed by atoms with E-state index >= 15 is 0 Å². The van der Waals surface area contributed by atoms with Crippen molar-refractivity contribution < 1.29 is 18.3 Å². The zero-order chi connectivity index (χ0) is 14.8. The molecule has 21 heavy (non-hydrogen) atoms. The third-order valence-corrected chi connectivity index (χ3v) is 3.20. The van der Waals surface area contributed by atoms with Crippen LogP contribution in [-0.2, 0) is 6.18 Å². The van der Waals surface area contributed by atoms with Crippen molar-refractivity contribution in [2.45, 2.75) is 18.6 Å². The summed E-state index contributed by atoms with van der Waals surface area (Å²) in [5.74, 6) is 0.0352. The molecular formula is C14H13F3N2NaO. The van der Waals surface area contributed by atoms with E-state index in [1.807, 2.05) is 12.2 Å². The number of hydrogen-bond acceptors (Lipinski definition) is 3. The van der Waals surface area contributed by atoms with Gasteiger partial charge >= 0.3 is 6.18 Å². The number of alkyl halides is 3. The van der Waals surface area contributed by atoms with Gasteiger partial charge in [-0.3, -0.25) is 0 Å². The first-order valence-electron chi connectivity index (χ1n) is 6.11. The van der Waals surface area contributed by atoms with Crippen molar-refractivity contribution >= 4 is 35.2 Å². The third-order valence-electron chi connectivity index (χ3n) is 3.20. The first-order chi connectivity index (χ1) is 9.44. The Morgan fingerprint density at radius 3 is 2.57 bits per heavy atom. The molecule has 0 aliphatic heterocycles. The van der Waals surface area contributed by atoms with Gasteiger partial charge in [0.2, 0.25) is 0 Å². The summed E-state index contributed by atoms with van der Waals surface area (Å²) in [5.41, 5.74) is -1.02. The standard InChI is InChI=1S/C14H13F3N2O.Na/c15-14(16,17)13-6-12(4-2-10(13)7-18)19-11-3-1-9(5-11)8-20;/h1-4,6,9,11,19-20H,5,8H2;. The number of anilines is 1. The molecule has 0 spiro atoms. The summed E-state index contributed by atoms with van der Waals surface area (Å²) < 4.78 is 38.5. The van der Waals surface area contributed by atoms with Gasteiger partial charge in [0.05, 0.1) is 17.2 Å². The largest absolute Gasteiger partial charge is 0.417 e. The van der Waals surface area contributed by atoms with E-state index in [1.165, 1.54) is 6.07 Å². The van der Waals surface area contributed by atoms with Crippen molar-refractivity contribution in [3.63, 3.8) is 0 Å². The van der Waals surface area contributed by atoms with Gasteiger partial charge in [0.15, 0.2) is 0 Å². The van der Waals surface area contributed by atoms with Crippen LogP contribution in [0.15, 0.2) is 30.4 Å². The number of nitrogens with one attached hydrogen (secondary N) is 1. The molecule has 3 nitrogen and oxygen atoms in total. The Morgan fingerprint density at radius 1 is 1.33 bits per heavy atom. The molecule has 7 heteroatoms. The van der Waals surface area contributed by atoms with Crippen LogP contribution < -0.4 is 5.32 Å². The number of nitrogens with zero attached hydrogens (tertiary/aromatic N) is 1. The maximum Gasteiger partial charge on any atom is 0.417 e. The Balaban J connectivity index is 0.00000220. The van der Waals surface area contributed by atoms with Crippen molar-refractivity contribution in [2.24, 2.45) is 5.92 Å². The number of aliphatic hydroxyl groups excluding tert-OH is 1. The van der Waals surface area contributed by atoms with Gasteiger partial charge in [0.1, 0.15) is 0 Å². The summed E-state index contributed by atoms with van der Waals surface area (Å²) in [6, 6.07) is 4.99. The average Bonchev–Trinajstić information content (AvgIpc) is 2.85. The van der Waals surface area contributed by atoms with Gasteiger partial charge in [-0.05, 0) is 24.6 Å². The minimum Gasteiger partial charge on any atom is -0.396 e. The summed E-state index contributed by atoms with van der Waals surface area (Å²) in [4.78, 5) is 0. The summed E-state index contributed by atoms with van der Waals surface area (Å²) in [6.45, 7) is 0.0237. The second kappa shape index (κ2) is 7.32. The maximum absolute atomic E-state index is 12.8. The number of nitriles is 1. The van der Waals surface area contributed by atoms with Gasteiger partial charge in [0.25, 0.3) is 0 Å².